The average Bonchev–Trinajstić information content (AvgIpc) is 2.93. The van der Waals surface area contributed by atoms with Crippen molar-refractivity contribution < 1.29 is 15.0 Å². The number of carbonyl (C=O) groups is 1. The van der Waals surface area contributed by atoms with E-state index in [4.69, 9.17) is 5.73 Å². The maximum absolute atomic E-state index is 11.9. The number of nitrogens with zero attached hydrogens (tertiary/aromatic N) is 2. The molecule has 0 aromatic carbocycles. The van der Waals surface area contributed by atoms with Crippen LogP contribution in [0.15, 0.2) is 22.1 Å². The molecule has 2 heterocycles. The minimum atomic E-state index is -0.863. The standard InChI is InChI=1S/C12H17N5O3/c13-12-16-10-8(11(20)17-12)5(4-15-10)3-14-6-1-2-7(18)9(6)19/h1-2,4-10,14,18-19H,3H2,(H3,13,16,17,20). The van der Waals surface area contributed by atoms with Crippen LogP contribution in [0.1, 0.15) is 0 Å². The Morgan fingerprint density at radius 2 is 2.20 bits per heavy atom. The molecule has 108 valence electrons. The van der Waals surface area contributed by atoms with E-state index in [1.54, 1.807) is 18.4 Å². The van der Waals surface area contributed by atoms with Crippen molar-refractivity contribution in [2.75, 3.05) is 6.54 Å². The fourth-order valence-electron chi connectivity index (χ4n) is 2.75. The van der Waals surface area contributed by atoms with Gasteiger partial charge in [0.1, 0.15) is 6.10 Å². The van der Waals surface area contributed by atoms with Crippen molar-refractivity contribution in [3.8, 4) is 0 Å². The van der Waals surface area contributed by atoms with Gasteiger partial charge >= 0.3 is 0 Å². The number of aliphatic imine (C=N–C) groups is 2. The summed E-state index contributed by atoms with van der Waals surface area (Å²) in [5, 5.41) is 24.8. The lowest BCUT2D eigenvalue weighted by Gasteiger charge is -2.26. The Bertz CT molecular complexity index is 503. The second-order valence-electron chi connectivity index (χ2n) is 5.21. The Morgan fingerprint density at radius 1 is 1.40 bits per heavy atom. The van der Waals surface area contributed by atoms with Gasteiger partial charge in [0, 0.05) is 18.7 Å². The van der Waals surface area contributed by atoms with Gasteiger partial charge in [-0.05, 0) is 0 Å². The third kappa shape index (κ3) is 2.21. The number of guanidine groups is 1. The predicted molar refractivity (Wildman–Crippen MR) is 72.0 cm³/mol. The van der Waals surface area contributed by atoms with Gasteiger partial charge in [0.05, 0.1) is 18.1 Å². The van der Waals surface area contributed by atoms with Crippen molar-refractivity contribution in [2.24, 2.45) is 27.6 Å². The van der Waals surface area contributed by atoms with Crippen LogP contribution >= 0.6 is 0 Å². The molecular formula is C12H17N5O3. The molecule has 1 aliphatic carbocycles. The van der Waals surface area contributed by atoms with Crippen molar-refractivity contribution in [3.63, 3.8) is 0 Å². The highest BCUT2D eigenvalue weighted by Gasteiger charge is 2.42. The Morgan fingerprint density at radius 3 is 2.90 bits per heavy atom. The molecule has 8 nitrogen and oxygen atoms in total. The fourth-order valence-corrected chi connectivity index (χ4v) is 2.75. The summed E-state index contributed by atoms with van der Waals surface area (Å²) in [5.41, 5.74) is 5.49. The maximum Gasteiger partial charge on any atom is 0.234 e. The molecule has 0 radical (unpaired) electrons. The zero-order chi connectivity index (χ0) is 14.3. The lowest BCUT2D eigenvalue weighted by Crippen LogP contribution is -2.51. The number of carbonyl (C=O) groups excluding carboxylic acids is 1. The van der Waals surface area contributed by atoms with Gasteiger partial charge in [0.2, 0.25) is 5.91 Å². The SMILES string of the molecule is NC1=NC2N=CC(CNC3C=CC(O)C3O)C2C(=O)N1. The van der Waals surface area contributed by atoms with E-state index in [9.17, 15) is 15.0 Å². The molecule has 3 rings (SSSR count). The van der Waals surface area contributed by atoms with Crippen molar-refractivity contribution in [2.45, 2.75) is 24.4 Å². The molecule has 0 aromatic rings. The summed E-state index contributed by atoms with van der Waals surface area (Å²) in [4.78, 5) is 20.2. The Hall–Kier alpha value is -1.77. The zero-order valence-corrected chi connectivity index (χ0v) is 10.7. The second kappa shape index (κ2) is 4.97. The largest absolute Gasteiger partial charge is 0.388 e. The summed E-state index contributed by atoms with van der Waals surface area (Å²) in [7, 11) is 0. The number of aliphatic hydroxyl groups excluding tert-OH is 2. The molecular weight excluding hydrogens is 262 g/mol. The molecule has 0 fully saturated rings. The third-order valence-electron chi connectivity index (χ3n) is 3.86. The van der Waals surface area contributed by atoms with E-state index in [0.29, 0.717) is 6.54 Å². The van der Waals surface area contributed by atoms with Gasteiger partial charge in [-0.3, -0.25) is 15.1 Å². The molecule has 0 saturated heterocycles. The first-order chi connectivity index (χ1) is 9.56. The third-order valence-corrected chi connectivity index (χ3v) is 3.86. The summed E-state index contributed by atoms with van der Waals surface area (Å²) in [6, 6.07) is -0.322. The lowest BCUT2D eigenvalue weighted by atomic mass is 9.91. The van der Waals surface area contributed by atoms with E-state index in [1.807, 2.05) is 0 Å². The molecule has 6 unspecified atom stereocenters. The molecule has 6 atom stereocenters. The van der Waals surface area contributed by atoms with Gasteiger partial charge in [-0.2, -0.15) is 0 Å². The van der Waals surface area contributed by atoms with Crippen molar-refractivity contribution in [1.82, 2.24) is 10.6 Å². The highest BCUT2D eigenvalue weighted by molar-refractivity contribution is 6.01. The number of amides is 1. The zero-order valence-electron chi connectivity index (χ0n) is 10.7. The minimum absolute atomic E-state index is 0.0966. The van der Waals surface area contributed by atoms with Gasteiger partial charge in [-0.1, -0.05) is 12.2 Å². The number of hydrogen-bond donors (Lipinski definition) is 5. The van der Waals surface area contributed by atoms with Gasteiger partial charge in [0.15, 0.2) is 12.1 Å². The van der Waals surface area contributed by atoms with Crippen molar-refractivity contribution in [1.29, 1.82) is 0 Å². The number of hydrogen-bond acceptors (Lipinski definition) is 7. The summed E-state index contributed by atoms with van der Waals surface area (Å²) in [6.07, 6.45) is 2.80. The Kier molecular flexibility index (Phi) is 3.28. The molecule has 1 amide bonds. The van der Waals surface area contributed by atoms with Crippen LogP contribution in [0, 0.1) is 11.8 Å². The first-order valence-electron chi connectivity index (χ1n) is 6.51. The van der Waals surface area contributed by atoms with Crippen molar-refractivity contribution >= 4 is 18.1 Å². The first kappa shape index (κ1) is 13.2. The number of nitrogens with one attached hydrogen (secondary N) is 2. The summed E-state index contributed by atoms with van der Waals surface area (Å²) in [6.45, 7) is 0.465. The first-order valence-corrected chi connectivity index (χ1v) is 6.51. The quantitative estimate of drug-likeness (QED) is 0.359. The van der Waals surface area contributed by atoms with Crippen LogP contribution < -0.4 is 16.4 Å². The molecule has 6 N–H and O–H groups in total. The molecule has 3 aliphatic rings. The monoisotopic (exact) mass is 279 g/mol. The predicted octanol–water partition coefficient (Wildman–Crippen LogP) is -2.68. The highest BCUT2D eigenvalue weighted by Crippen LogP contribution is 2.27. The average molecular weight is 279 g/mol. The minimum Gasteiger partial charge on any atom is -0.388 e. The summed E-state index contributed by atoms with van der Waals surface area (Å²) in [5.74, 6) is -0.578. The number of rotatable bonds is 3. The van der Waals surface area contributed by atoms with E-state index in [0.717, 1.165) is 0 Å². The van der Waals surface area contributed by atoms with Gasteiger partial charge in [-0.15, -0.1) is 0 Å². The van der Waals surface area contributed by atoms with Gasteiger partial charge < -0.3 is 21.3 Å². The Balaban J connectivity index is 1.61. The van der Waals surface area contributed by atoms with Crippen LogP contribution in [0.25, 0.3) is 0 Å². The number of fused-ring (bicyclic) bond motifs is 1. The smallest absolute Gasteiger partial charge is 0.234 e. The van der Waals surface area contributed by atoms with E-state index in [1.165, 1.54) is 0 Å². The Labute approximate surface area is 115 Å². The van der Waals surface area contributed by atoms with E-state index in [2.05, 4.69) is 20.6 Å². The van der Waals surface area contributed by atoms with Crippen molar-refractivity contribution in [3.05, 3.63) is 12.2 Å². The van der Waals surface area contributed by atoms with Gasteiger partial charge in [0.25, 0.3) is 0 Å². The highest BCUT2D eigenvalue weighted by atomic mass is 16.3. The van der Waals surface area contributed by atoms with Crippen LogP contribution in [0.3, 0.4) is 0 Å². The maximum atomic E-state index is 11.9. The van der Waals surface area contributed by atoms with Crippen LogP contribution in [0.5, 0.6) is 0 Å². The lowest BCUT2D eigenvalue weighted by molar-refractivity contribution is -0.125. The number of nitrogens with two attached hydrogens (primary N) is 1. The van der Waals surface area contributed by atoms with E-state index in [-0.39, 0.29) is 29.7 Å². The molecule has 0 spiro atoms. The van der Waals surface area contributed by atoms with Crippen LogP contribution in [0.2, 0.25) is 0 Å². The van der Waals surface area contributed by atoms with E-state index < -0.39 is 18.4 Å². The topological polar surface area (TPSA) is 132 Å². The van der Waals surface area contributed by atoms with Gasteiger partial charge in [-0.25, -0.2) is 4.99 Å². The van der Waals surface area contributed by atoms with Crippen LogP contribution in [-0.2, 0) is 4.79 Å². The number of aliphatic hydroxyl groups is 2. The summed E-state index contributed by atoms with van der Waals surface area (Å²) >= 11 is 0. The van der Waals surface area contributed by atoms with Crippen LogP contribution in [-0.4, -0.2) is 59.3 Å². The normalized spacial score (nSPS) is 42.5. The summed E-state index contributed by atoms with van der Waals surface area (Å²) < 4.78 is 0. The molecule has 0 saturated carbocycles. The fraction of sp³-hybridized carbons (Fsp3) is 0.583. The second-order valence-corrected chi connectivity index (χ2v) is 5.21. The molecule has 8 heteroatoms. The van der Waals surface area contributed by atoms with Crippen LogP contribution in [0.4, 0.5) is 0 Å². The van der Waals surface area contributed by atoms with E-state index >= 15 is 0 Å². The molecule has 20 heavy (non-hydrogen) atoms. The molecule has 2 aliphatic heterocycles. The molecule has 0 bridgehead atoms. The molecule has 0 aromatic heterocycles.